The van der Waals surface area contributed by atoms with Crippen molar-refractivity contribution in [1.82, 2.24) is 20.1 Å². The number of aryl methyl sites for hydroxylation is 4. The van der Waals surface area contributed by atoms with Gasteiger partial charge in [0.25, 0.3) is 0 Å². The average Bonchev–Trinajstić information content (AvgIpc) is 3.18. The second-order valence-electron chi connectivity index (χ2n) is 10.5. The molecule has 2 unspecified atom stereocenters. The molecule has 1 N–H and O–H groups in total. The van der Waals surface area contributed by atoms with Crippen molar-refractivity contribution in [2.75, 3.05) is 18.0 Å². The van der Waals surface area contributed by atoms with Crippen molar-refractivity contribution in [2.45, 2.75) is 99.6 Å². The maximum absolute atomic E-state index is 10.0. The van der Waals surface area contributed by atoms with Gasteiger partial charge in [-0.3, -0.25) is 9.67 Å². The maximum Gasteiger partial charge on any atom is 0.129 e. The largest absolute Gasteiger partial charge is 0.368 e. The molecule has 1 fully saturated rings. The molecule has 0 aliphatic carbocycles. The minimum absolute atomic E-state index is 0.289. The van der Waals surface area contributed by atoms with E-state index in [1.165, 1.54) is 39.9 Å². The summed E-state index contributed by atoms with van der Waals surface area (Å²) in [6.07, 6.45) is 9.12. The molecule has 0 saturated carbocycles. The minimum Gasteiger partial charge on any atom is -0.368 e. The van der Waals surface area contributed by atoms with Gasteiger partial charge in [-0.2, -0.15) is 5.10 Å². The van der Waals surface area contributed by atoms with E-state index in [1.807, 2.05) is 24.9 Å². The van der Waals surface area contributed by atoms with E-state index < -0.39 is 0 Å². The lowest BCUT2D eigenvalue weighted by molar-refractivity contribution is -0.117. The third-order valence-corrected chi connectivity index (χ3v) is 6.70. The van der Waals surface area contributed by atoms with E-state index in [0.29, 0.717) is 12.1 Å². The molecule has 0 spiro atoms. The Labute approximate surface area is 224 Å². The highest BCUT2D eigenvalue weighted by Gasteiger charge is 2.23. The molecule has 0 amide bonds. The summed E-state index contributed by atoms with van der Waals surface area (Å²) < 4.78 is 1.86. The summed E-state index contributed by atoms with van der Waals surface area (Å²) in [6.45, 7) is 19.0. The molecule has 4 rings (SSSR count). The number of ketones is 1. The maximum atomic E-state index is 10.0. The molecule has 1 saturated heterocycles. The number of pyridine rings is 1. The number of fused-ring (bicyclic) bond motifs is 1. The van der Waals surface area contributed by atoms with E-state index in [0.717, 1.165) is 44.3 Å². The average molecular weight is 508 g/mol. The highest BCUT2D eigenvalue weighted by molar-refractivity contribution is 5.79. The molecule has 0 bridgehead atoms. The molecule has 1 aliphatic rings. The Hall–Kier alpha value is -2.73. The predicted octanol–water partition coefficient (Wildman–Crippen LogP) is 6.35. The number of benzene rings is 1. The van der Waals surface area contributed by atoms with Crippen LogP contribution in [-0.4, -0.2) is 45.7 Å². The zero-order valence-electron chi connectivity index (χ0n) is 24.7. The van der Waals surface area contributed by atoms with Crippen LogP contribution in [0, 0.1) is 13.8 Å². The molecule has 204 valence electrons. The number of aromatic nitrogens is 3. The molecule has 6 nitrogen and oxygen atoms in total. The number of hydrogen-bond acceptors (Lipinski definition) is 5. The molecular weight excluding hydrogens is 458 g/mol. The highest BCUT2D eigenvalue weighted by atomic mass is 16.1. The van der Waals surface area contributed by atoms with Crippen LogP contribution < -0.4 is 10.2 Å². The first-order chi connectivity index (χ1) is 17.6. The van der Waals surface area contributed by atoms with Crippen LogP contribution in [0.1, 0.15) is 83.2 Å². The van der Waals surface area contributed by atoms with Crippen LogP contribution in [0.15, 0.2) is 30.6 Å². The Morgan fingerprint density at radius 3 is 2.30 bits per heavy atom. The number of hydrogen-bond donors (Lipinski definition) is 1. The first-order valence-electron chi connectivity index (χ1n) is 14.0. The van der Waals surface area contributed by atoms with Gasteiger partial charge >= 0.3 is 0 Å². The van der Waals surface area contributed by atoms with E-state index >= 15 is 0 Å². The molecule has 3 aromatic rings. The van der Waals surface area contributed by atoms with E-state index in [1.54, 1.807) is 6.92 Å². The molecule has 2 aromatic heterocycles. The first-order valence-corrected chi connectivity index (χ1v) is 14.0. The lowest BCUT2D eigenvalue weighted by Gasteiger charge is -2.38. The molecule has 37 heavy (non-hydrogen) atoms. The van der Waals surface area contributed by atoms with Crippen molar-refractivity contribution < 1.29 is 4.79 Å². The lowest BCUT2D eigenvalue weighted by Crippen LogP contribution is -2.54. The van der Waals surface area contributed by atoms with Crippen LogP contribution >= 0.6 is 0 Å². The normalized spacial score (nSPS) is 17.1. The summed E-state index contributed by atoms with van der Waals surface area (Å²) in [7, 11) is 1.96. The van der Waals surface area contributed by atoms with Gasteiger partial charge in [0.15, 0.2) is 0 Å². The monoisotopic (exact) mass is 507 g/mol. The Bertz CT molecular complexity index is 1130. The molecule has 6 heteroatoms. The van der Waals surface area contributed by atoms with Gasteiger partial charge in [0, 0.05) is 67.8 Å². The van der Waals surface area contributed by atoms with E-state index in [2.05, 4.69) is 86.2 Å². The fourth-order valence-electron chi connectivity index (χ4n) is 5.04. The zero-order valence-corrected chi connectivity index (χ0v) is 24.7. The van der Waals surface area contributed by atoms with Crippen LogP contribution in [0.25, 0.3) is 10.9 Å². The number of carbonyl (C=O) groups is 1. The summed E-state index contributed by atoms with van der Waals surface area (Å²) in [5.74, 6) is 0.289. The van der Waals surface area contributed by atoms with Crippen LogP contribution in [0.3, 0.4) is 0 Å². The van der Waals surface area contributed by atoms with Crippen molar-refractivity contribution in [3.8, 4) is 0 Å². The second-order valence-corrected chi connectivity index (χ2v) is 10.5. The van der Waals surface area contributed by atoms with Gasteiger partial charge in [0.05, 0.1) is 5.52 Å². The Kier molecular flexibility index (Phi) is 12.3. The summed E-state index contributed by atoms with van der Waals surface area (Å²) in [6, 6.07) is 7.68. The Morgan fingerprint density at radius 1 is 1.08 bits per heavy atom. The second kappa shape index (κ2) is 14.9. The van der Waals surface area contributed by atoms with Crippen molar-refractivity contribution >= 4 is 22.4 Å². The quantitative estimate of drug-likeness (QED) is 0.421. The Balaban J connectivity index is 0.000000221. The topological polar surface area (TPSA) is 63.1 Å². The smallest absolute Gasteiger partial charge is 0.129 e. The molecular formula is C31H49N5O. The molecule has 1 aliphatic heterocycles. The van der Waals surface area contributed by atoms with Gasteiger partial charge in [-0.1, -0.05) is 27.2 Å². The zero-order chi connectivity index (χ0) is 27.5. The number of rotatable bonds is 6. The summed E-state index contributed by atoms with van der Waals surface area (Å²) in [4.78, 5) is 17.0. The third kappa shape index (κ3) is 9.26. The number of Topliss-reactive ketones (excluding diaryl/α,β-unsaturated/α-hetero) is 1. The van der Waals surface area contributed by atoms with Crippen molar-refractivity contribution in [1.29, 1.82) is 0 Å². The number of anilines is 1. The van der Waals surface area contributed by atoms with Gasteiger partial charge in [0.1, 0.15) is 5.78 Å². The standard InChI is InChI=1S/C15H25N3.C11H14N2.C5H10O/c1-5-6-14-13(4)16-8-7-15(14)18-9-11(2)17-12(3)10-18;1-4-9-6-10-7-13(3)12-11(10)5-8(9)2;1-3-4-5(2)6/h7-8,11-12,17H,5-6,9-10H2,1-4H3;5-7H,4H2,1-3H3;3-4H2,1-2H3. The van der Waals surface area contributed by atoms with Crippen molar-refractivity contribution in [3.63, 3.8) is 0 Å². The van der Waals surface area contributed by atoms with E-state index in [9.17, 15) is 4.79 Å². The van der Waals surface area contributed by atoms with Gasteiger partial charge in [0.2, 0.25) is 0 Å². The Morgan fingerprint density at radius 2 is 1.76 bits per heavy atom. The number of piperazine rings is 1. The first kappa shape index (κ1) is 30.5. The van der Waals surface area contributed by atoms with Crippen LogP contribution in [0.5, 0.6) is 0 Å². The number of nitrogens with zero attached hydrogens (tertiary/aromatic N) is 4. The predicted molar refractivity (Wildman–Crippen MR) is 158 cm³/mol. The summed E-state index contributed by atoms with van der Waals surface area (Å²) in [5, 5.41) is 9.19. The fraction of sp³-hybridized carbons (Fsp3) is 0.581. The molecule has 2 atom stereocenters. The number of nitrogens with one attached hydrogen (secondary N) is 1. The summed E-state index contributed by atoms with van der Waals surface area (Å²) >= 11 is 0. The van der Waals surface area contributed by atoms with Gasteiger partial charge < -0.3 is 15.0 Å². The molecule has 3 heterocycles. The minimum atomic E-state index is 0.289. The van der Waals surface area contributed by atoms with Crippen LogP contribution in [0.2, 0.25) is 0 Å². The highest BCUT2D eigenvalue weighted by Crippen LogP contribution is 2.25. The van der Waals surface area contributed by atoms with Gasteiger partial charge in [-0.15, -0.1) is 0 Å². The van der Waals surface area contributed by atoms with E-state index in [-0.39, 0.29) is 5.78 Å². The van der Waals surface area contributed by atoms with Crippen LogP contribution in [-0.2, 0) is 24.7 Å². The molecule has 0 radical (unpaired) electrons. The molecule has 1 aromatic carbocycles. The van der Waals surface area contributed by atoms with Crippen molar-refractivity contribution in [3.05, 3.63) is 53.0 Å². The van der Waals surface area contributed by atoms with Crippen molar-refractivity contribution in [2.24, 2.45) is 7.05 Å². The third-order valence-electron chi connectivity index (χ3n) is 6.70. The van der Waals surface area contributed by atoms with Gasteiger partial charge in [-0.05, 0) is 88.8 Å². The lowest BCUT2D eigenvalue weighted by atomic mass is 10.0. The van der Waals surface area contributed by atoms with Crippen LogP contribution in [0.4, 0.5) is 5.69 Å². The SMILES string of the molecule is CCCC(C)=O.CCCc1c(N2CC(C)NC(C)C2)ccnc1C.CCc1cc2cn(C)nc2cc1C. The van der Waals surface area contributed by atoms with E-state index in [4.69, 9.17) is 0 Å². The summed E-state index contributed by atoms with van der Waals surface area (Å²) in [5.41, 5.74) is 7.87. The number of carbonyl (C=O) groups excluding carboxylic acids is 1. The van der Waals surface area contributed by atoms with Gasteiger partial charge in [-0.25, -0.2) is 0 Å². The fourth-order valence-corrected chi connectivity index (χ4v) is 5.04.